The van der Waals surface area contributed by atoms with Gasteiger partial charge in [0.25, 0.3) is 0 Å². The van der Waals surface area contributed by atoms with Crippen LogP contribution < -0.4 is 4.90 Å². The number of halogens is 2. The molecule has 1 aromatic rings. The summed E-state index contributed by atoms with van der Waals surface area (Å²) in [5.74, 6) is -0.335. The van der Waals surface area contributed by atoms with Crippen LogP contribution in [0.2, 0.25) is 0 Å². The second-order valence-electron chi connectivity index (χ2n) is 5.70. The van der Waals surface area contributed by atoms with Crippen LogP contribution in [0.25, 0.3) is 0 Å². The van der Waals surface area contributed by atoms with Crippen molar-refractivity contribution in [1.29, 1.82) is 0 Å². The first-order chi connectivity index (χ1) is 9.22. The average molecular weight is 266 g/mol. The molecule has 0 aromatic heterocycles. The largest absolute Gasteiger partial charge is 0.369 e. The van der Waals surface area contributed by atoms with Crippen LogP contribution in [0.5, 0.6) is 0 Å². The molecule has 1 atom stereocenters. The Bertz CT molecular complexity index is 444. The molecule has 2 saturated heterocycles. The number of hydrogen-bond donors (Lipinski definition) is 0. The minimum absolute atomic E-state index is 0.443. The Hall–Kier alpha value is -1.16. The van der Waals surface area contributed by atoms with Gasteiger partial charge >= 0.3 is 0 Å². The van der Waals surface area contributed by atoms with Crippen molar-refractivity contribution in [2.45, 2.75) is 19.3 Å². The highest BCUT2D eigenvalue weighted by Gasteiger charge is 2.27. The van der Waals surface area contributed by atoms with Crippen LogP contribution in [-0.4, -0.2) is 37.6 Å². The minimum Gasteiger partial charge on any atom is -0.369 e. The monoisotopic (exact) mass is 266 g/mol. The summed E-state index contributed by atoms with van der Waals surface area (Å²) in [6.07, 6.45) is 3.72. The molecule has 0 N–H and O–H groups in total. The Labute approximate surface area is 113 Å². The summed E-state index contributed by atoms with van der Waals surface area (Å²) < 4.78 is 26.7. The lowest BCUT2D eigenvalue weighted by atomic mass is 10.1. The van der Waals surface area contributed by atoms with E-state index < -0.39 is 11.6 Å². The van der Waals surface area contributed by atoms with Crippen LogP contribution in [0.3, 0.4) is 0 Å². The van der Waals surface area contributed by atoms with Crippen LogP contribution in [0, 0.1) is 17.6 Å². The molecule has 0 radical (unpaired) electrons. The van der Waals surface area contributed by atoms with Gasteiger partial charge in [-0.1, -0.05) is 0 Å². The SMILES string of the molecule is Fc1ccc(N2CCC(CN3CCCC3)C2)c(F)c1. The highest BCUT2D eigenvalue weighted by Crippen LogP contribution is 2.27. The molecule has 4 heteroatoms. The number of anilines is 1. The van der Waals surface area contributed by atoms with E-state index in [2.05, 4.69) is 9.80 Å². The van der Waals surface area contributed by atoms with Crippen molar-refractivity contribution in [3.63, 3.8) is 0 Å². The third kappa shape index (κ3) is 2.89. The molecule has 3 rings (SSSR count). The molecule has 0 spiro atoms. The maximum atomic E-state index is 13.7. The standard InChI is InChI=1S/C15H20F2N2/c16-13-3-4-15(14(17)9-13)19-8-5-12(11-19)10-18-6-1-2-7-18/h3-4,9,12H,1-2,5-8,10-11H2. The zero-order valence-corrected chi connectivity index (χ0v) is 11.1. The van der Waals surface area contributed by atoms with Crippen LogP contribution in [-0.2, 0) is 0 Å². The normalized spacial score (nSPS) is 24.3. The first-order valence-electron chi connectivity index (χ1n) is 7.15. The number of nitrogens with zero attached hydrogens (tertiary/aromatic N) is 2. The molecule has 2 aliphatic rings. The molecule has 0 saturated carbocycles. The average Bonchev–Trinajstić information content (AvgIpc) is 3.01. The van der Waals surface area contributed by atoms with E-state index in [4.69, 9.17) is 0 Å². The van der Waals surface area contributed by atoms with Crippen LogP contribution in [0.1, 0.15) is 19.3 Å². The molecular weight excluding hydrogens is 246 g/mol. The van der Waals surface area contributed by atoms with Crippen LogP contribution in [0.4, 0.5) is 14.5 Å². The summed E-state index contributed by atoms with van der Waals surface area (Å²) >= 11 is 0. The van der Waals surface area contributed by atoms with Gasteiger partial charge in [0, 0.05) is 25.7 Å². The summed E-state index contributed by atoms with van der Waals surface area (Å²) in [4.78, 5) is 4.56. The van der Waals surface area contributed by atoms with Gasteiger partial charge in [0.1, 0.15) is 11.6 Å². The maximum absolute atomic E-state index is 13.7. The first kappa shape index (κ1) is 12.9. The molecular formula is C15H20F2N2. The van der Waals surface area contributed by atoms with Crippen LogP contribution in [0.15, 0.2) is 18.2 Å². The molecule has 2 aliphatic heterocycles. The van der Waals surface area contributed by atoms with E-state index in [0.717, 1.165) is 32.1 Å². The molecule has 1 aromatic carbocycles. The quantitative estimate of drug-likeness (QED) is 0.830. The van der Waals surface area contributed by atoms with E-state index in [9.17, 15) is 8.78 Å². The molecule has 0 bridgehead atoms. The Morgan fingerprint density at radius 1 is 1.11 bits per heavy atom. The van der Waals surface area contributed by atoms with Gasteiger partial charge < -0.3 is 9.80 Å². The second kappa shape index (κ2) is 5.45. The van der Waals surface area contributed by atoms with Crippen molar-refractivity contribution >= 4 is 5.69 Å². The molecule has 1 unspecified atom stereocenters. The molecule has 2 nitrogen and oxygen atoms in total. The van der Waals surface area contributed by atoms with Crippen molar-refractivity contribution in [2.24, 2.45) is 5.92 Å². The predicted molar refractivity (Wildman–Crippen MR) is 72.4 cm³/mol. The van der Waals surface area contributed by atoms with E-state index in [1.54, 1.807) is 6.07 Å². The lowest BCUT2D eigenvalue weighted by molar-refractivity contribution is 0.289. The lowest BCUT2D eigenvalue weighted by Gasteiger charge is -2.22. The number of rotatable bonds is 3. The molecule has 19 heavy (non-hydrogen) atoms. The van der Waals surface area contributed by atoms with Crippen molar-refractivity contribution in [1.82, 2.24) is 4.90 Å². The fourth-order valence-corrected chi connectivity index (χ4v) is 3.27. The molecule has 2 heterocycles. The van der Waals surface area contributed by atoms with Crippen molar-refractivity contribution in [3.05, 3.63) is 29.8 Å². The lowest BCUT2D eigenvalue weighted by Crippen LogP contribution is -2.29. The predicted octanol–water partition coefficient (Wildman–Crippen LogP) is 2.89. The van der Waals surface area contributed by atoms with E-state index in [0.29, 0.717) is 11.6 Å². The smallest absolute Gasteiger partial charge is 0.149 e. The van der Waals surface area contributed by atoms with Gasteiger partial charge in [0.05, 0.1) is 5.69 Å². The second-order valence-corrected chi connectivity index (χ2v) is 5.70. The third-order valence-corrected chi connectivity index (χ3v) is 4.25. The molecule has 0 amide bonds. The summed E-state index contributed by atoms with van der Waals surface area (Å²) in [5.41, 5.74) is 0.547. The van der Waals surface area contributed by atoms with Crippen molar-refractivity contribution in [2.75, 3.05) is 37.6 Å². The summed E-state index contributed by atoms with van der Waals surface area (Å²) in [7, 11) is 0. The summed E-state index contributed by atoms with van der Waals surface area (Å²) in [5, 5.41) is 0. The van der Waals surface area contributed by atoms with Gasteiger partial charge in [-0.25, -0.2) is 8.78 Å². The Morgan fingerprint density at radius 3 is 2.63 bits per heavy atom. The molecule has 104 valence electrons. The minimum atomic E-state index is -0.505. The molecule has 0 aliphatic carbocycles. The van der Waals surface area contributed by atoms with Gasteiger partial charge in [-0.2, -0.15) is 0 Å². The van der Waals surface area contributed by atoms with Gasteiger partial charge in [-0.15, -0.1) is 0 Å². The Balaban J connectivity index is 1.61. The summed E-state index contributed by atoms with van der Waals surface area (Å²) in [6, 6.07) is 3.87. The summed E-state index contributed by atoms with van der Waals surface area (Å²) in [6.45, 7) is 5.31. The maximum Gasteiger partial charge on any atom is 0.149 e. The van der Waals surface area contributed by atoms with Crippen molar-refractivity contribution < 1.29 is 8.78 Å². The fourth-order valence-electron chi connectivity index (χ4n) is 3.27. The zero-order valence-electron chi connectivity index (χ0n) is 11.1. The Kier molecular flexibility index (Phi) is 3.69. The van der Waals surface area contributed by atoms with E-state index >= 15 is 0 Å². The zero-order chi connectivity index (χ0) is 13.2. The van der Waals surface area contributed by atoms with E-state index in [1.165, 1.54) is 32.0 Å². The van der Waals surface area contributed by atoms with Gasteiger partial charge in [0.15, 0.2) is 0 Å². The topological polar surface area (TPSA) is 6.48 Å². The first-order valence-corrected chi connectivity index (χ1v) is 7.15. The fraction of sp³-hybridized carbons (Fsp3) is 0.600. The van der Waals surface area contributed by atoms with Gasteiger partial charge in [-0.3, -0.25) is 0 Å². The number of benzene rings is 1. The number of hydrogen-bond acceptors (Lipinski definition) is 2. The van der Waals surface area contributed by atoms with Gasteiger partial charge in [-0.05, 0) is 50.4 Å². The van der Waals surface area contributed by atoms with E-state index in [-0.39, 0.29) is 0 Å². The highest BCUT2D eigenvalue weighted by molar-refractivity contribution is 5.48. The highest BCUT2D eigenvalue weighted by atomic mass is 19.1. The van der Waals surface area contributed by atoms with Gasteiger partial charge in [0.2, 0.25) is 0 Å². The van der Waals surface area contributed by atoms with Crippen LogP contribution >= 0.6 is 0 Å². The van der Waals surface area contributed by atoms with Crippen molar-refractivity contribution in [3.8, 4) is 0 Å². The number of likely N-dealkylation sites (tertiary alicyclic amines) is 1. The molecule has 2 fully saturated rings. The van der Waals surface area contributed by atoms with E-state index in [1.807, 2.05) is 0 Å². The third-order valence-electron chi connectivity index (χ3n) is 4.25. The Morgan fingerprint density at radius 2 is 1.89 bits per heavy atom.